The van der Waals surface area contributed by atoms with Gasteiger partial charge in [0.2, 0.25) is 11.6 Å². The Bertz CT molecular complexity index is 1030. The van der Waals surface area contributed by atoms with Gasteiger partial charge >= 0.3 is 11.9 Å². The van der Waals surface area contributed by atoms with Crippen molar-refractivity contribution in [2.75, 3.05) is 72.0 Å². The lowest BCUT2D eigenvalue weighted by Gasteiger charge is -2.33. The Morgan fingerprint density at radius 2 is 1.25 bits per heavy atom. The van der Waals surface area contributed by atoms with E-state index < -0.39 is 17.8 Å². The molecule has 0 spiro atoms. The van der Waals surface area contributed by atoms with Gasteiger partial charge in [0, 0.05) is 58.4 Å². The molecule has 3 rings (SSSR count). The largest absolute Gasteiger partial charge is 0.618 e. The van der Waals surface area contributed by atoms with Crippen LogP contribution >= 0.6 is 0 Å². The number of carbonyl (C=O) groups excluding carboxylic acids is 1. The second kappa shape index (κ2) is 13.1. The van der Waals surface area contributed by atoms with Crippen LogP contribution in [0.4, 0.5) is 0 Å². The number of carboxylic acid groups (broad SMARTS) is 2. The van der Waals surface area contributed by atoms with Crippen molar-refractivity contribution in [2.24, 2.45) is 5.73 Å². The first-order valence-electron chi connectivity index (χ1n) is 11.9. The van der Waals surface area contributed by atoms with Gasteiger partial charge in [0.25, 0.3) is 0 Å². The number of nitrogens with two attached hydrogens (primary N) is 1. The number of hydrogen-bond acceptors (Lipinski definition) is 8. The summed E-state index contributed by atoms with van der Waals surface area (Å²) < 4.78 is 0.860. The smallest absolute Gasteiger partial charge is 0.317 e. The molecule has 0 radical (unpaired) electrons. The van der Waals surface area contributed by atoms with Crippen LogP contribution in [0, 0.1) is 5.21 Å². The highest BCUT2D eigenvalue weighted by atomic mass is 16.5. The molecule has 36 heavy (non-hydrogen) atoms. The Kier molecular flexibility index (Phi) is 9.94. The molecule has 1 saturated heterocycles. The Labute approximate surface area is 209 Å². The lowest BCUT2D eigenvalue weighted by molar-refractivity contribution is -0.613. The van der Waals surface area contributed by atoms with E-state index in [2.05, 4.69) is 4.90 Å². The highest BCUT2D eigenvalue weighted by Gasteiger charge is 2.22. The summed E-state index contributed by atoms with van der Waals surface area (Å²) in [5.41, 5.74) is 6.05. The number of nitrogens with zero attached hydrogens (tertiary/aromatic N) is 5. The molecule has 12 heteroatoms. The van der Waals surface area contributed by atoms with Crippen LogP contribution in [0.1, 0.15) is 5.69 Å². The number of carbonyl (C=O) groups is 3. The van der Waals surface area contributed by atoms with Gasteiger partial charge in [-0.2, -0.15) is 4.73 Å². The van der Waals surface area contributed by atoms with E-state index >= 15 is 0 Å². The normalized spacial score (nSPS) is 17.9. The lowest BCUT2D eigenvalue weighted by Crippen LogP contribution is -2.49. The summed E-state index contributed by atoms with van der Waals surface area (Å²) in [5.74, 6) is -2.41. The van der Waals surface area contributed by atoms with Gasteiger partial charge in [-0.3, -0.25) is 34.0 Å². The minimum absolute atomic E-state index is 0.0374. The quantitative estimate of drug-likeness (QED) is 0.297. The second-order valence-corrected chi connectivity index (χ2v) is 9.03. The third-order valence-corrected chi connectivity index (χ3v) is 6.33. The topological polar surface area (TPSA) is 158 Å². The van der Waals surface area contributed by atoms with Crippen molar-refractivity contribution in [3.05, 3.63) is 47.4 Å². The molecule has 12 nitrogen and oxygen atoms in total. The number of benzene rings is 1. The predicted molar refractivity (Wildman–Crippen MR) is 132 cm³/mol. The van der Waals surface area contributed by atoms with E-state index in [1.54, 1.807) is 15.9 Å². The first kappa shape index (κ1) is 27.3. The van der Waals surface area contributed by atoms with Crippen molar-refractivity contribution in [3.8, 4) is 0 Å². The molecule has 1 aliphatic rings. The average Bonchev–Trinajstić information content (AvgIpc) is 2.81. The van der Waals surface area contributed by atoms with Gasteiger partial charge in [0.05, 0.1) is 31.6 Å². The molecule has 2 aromatic rings. The summed E-state index contributed by atoms with van der Waals surface area (Å²) in [4.78, 5) is 41.9. The Hall–Kier alpha value is -3.32. The standard InChI is InChI=1S/C24H34N6O6/c25-22(31)16-27-9-7-26(15-21-20-4-2-1-3-19(20)5-6-30(21)36)8-11-28(17-23(32)33)13-14-29(12-10-27)18-24(34)35/h1-6H,7-18H2,(H2,25,31)(H,32,33)(H,34,35). The third-order valence-electron chi connectivity index (χ3n) is 6.33. The van der Waals surface area contributed by atoms with Gasteiger partial charge in [0.1, 0.15) is 0 Å². The van der Waals surface area contributed by atoms with Crippen molar-refractivity contribution in [3.63, 3.8) is 0 Å². The molecule has 0 aliphatic carbocycles. The molecular weight excluding hydrogens is 468 g/mol. The summed E-state index contributed by atoms with van der Waals surface area (Å²) in [6.45, 7) is 3.50. The summed E-state index contributed by atoms with van der Waals surface area (Å²) in [6.07, 6.45) is 1.49. The maximum absolute atomic E-state index is 12.7. The number of hydrogen-bond donors (Lipinski definition) is 3. The van der Waals surface area contributed by atoms with Crippen molar-refractivity contribution in [2.45, 2.75) is 6.54 Å². The van der Waals surface area contributed by atoms with Crippen LogP contribution in [0.5, 0.6) is 0 Å². The van der Waals surface area contributed by atoms with E-state index in [1.165, 1.54) is 6.20 Å². The SMILES string of the molecule is NC(=O)CN1CCN(CC(=O)O)CCN(CC(=O)O)CCN(Cc2c3ccccc3cc[n+]2[O-])CC1. The van der Waals surface area contributed by atoms with Crippen molar-refractivity contribution in [1.29, 1.82) is 0 Å². The zero-order chi connectivity index (χ0) is 26.1. The number of primary amides is 1. The zero-order valence-electron chi connectivity index (χ0n) is 20.3. The zero-order valence-corrected chi connectivity index (χ0v) is 20.3. The van der Waals surface area contributed by atoms with Gasteiger partial charge in [-0.1, -0.05) is 18.2 Å². The average molecular weight is 503 g/mol. The molecule has 196 valence electrons. The van der Waals surface area contributed by atoms with Crippen LogP contribution in [0.15, 0.2) is 36.5 Å². The molecule has 0 bridgehead atoms. The van der Waals surface area contributed by atoms with Crippen LogP contribution in [-0.2, 0) is 20.9 Å². The predicted octanol–water partition coefficient (Wildman–Crippen LogP) is -1.15. The Balaban J connectivity index is 1.84. The van der Waals surface area contributed by atoms with Gasteiger partial charge < -0.3 is 21.2 Å². The monoisotopic (exact) mass is 502 g/mol. The van der Waals surface area contributed by atoms with Crippen molar-refractivity contribution >= 4 is 28.6 Å². The fraction of sp³-hybridized carbons (Fsp3) is 0.500. The number of carboxylic acids is 2. The molecule has 4 N–H and O–H groups in total. The third kappa shape index (κ3) is 8.41. The van der Waals surface area contributed by atoms with Crippen LogP contribution in [-0.4, -0.2) is 120 Å². The van der Waals surface area contributed by atoms with E-state index in [0.717, 1.165) is 15.5 Å². The first-order valence-corrected chi connectivity index (χ1v) is 11.9. The number of aliphatic carboxylic acids is 2. The molecule has 1 amide bonds. The fourth-order valence-corrected chi connectivity index (χ4v) is 4.44. The summed E-state index contributed by atoms with van der Waals surface area (Å²) in [5, 5.41) is 33.2. The van der Waals surface area contributed by atoms with Gasteiger partial charge in [-0.15, -0.1) is 0 Å². The molecule has 0 saturated carbocycles. The van der Waals surface area contributed by atoms with Crippen LogP contribution < -0.4 is 10.5 Å². The molecule has 1 aromatic heterocycles. The number of fused-ring (bicyclic) bond motifs is 1. The van der Waals surface area contributed by atoms with Crippen molar-refractivity contribution < 1.29 is 29.3 Å². The van der Waals surface area contributed by atoms with Crippen LogP contribution in [0.25, 0.3) is 10.8 Å². The van der Waals surface area contributed by atoms with Crippen LogP contribution in [0.3, 0.4) is 0 Å². The Morgan fingerprint density at radius 3 is 1.75 bits per heavy atom. The minimum Gasteiger partial charge on any atom is -0.618 e. The molecular formula is C24H34N6O6. The summed E-state index contributed by atoms with van der Waals surface area (Å²) in [6, 6.07) is 9.42. The van der Waals surface area contributed by atoms with Crippen molar-refractivity contribution in [1.82, 2.24) is 19.6 Å². The molecule has 1 aliphatic heterocycles. The molecule has 1 aromatic carbocycles. The highest BCUT2D eigenvalue weighted by molar-refractivity contribution is 5.83. The minimum atomic E-state index is -0.972. The number of rotatable bonds is 8. The molecule has 2 heterocycles. The molecule has 0 atom stereocenters. The van der Waals surface area contributed by atoms with E-state index in [-0.39, 0.29) is 19.6 Å². The highest BCUT2D eigenvalue weighted by Crippen LogP contribution is 2.17. The molecule has 0 unspecified atom stereocenters. The lowest BCUT2D eigenvalue weighted by atomic mass is 10.1. The fourth-order valence-electron chi connectivity index (χ4n) is 4.44. The Morgan fingerprint density at radius 1 is 0.778 bits per heavy atom. The summed E-state index contributed by atoms with van der Waals surface area (Å²) in [7, 11) is 0. The van der Waals surface area contributed by atoms with E-state index in [1.807, 2.05) is 29.2 Å². The summed E-state index contributed by atoms with van der Waals surface area (Å²) >= 11 is 0. The number of pyridine rings is 1. The maximum atomic E-state index is 12.7. The second-order valence-electron chi connectivity index (χ2n) is 9.03. The first-order chi connectivity index (χ1) is 17.2. The number of amides is 1. The molecule has 1 fully saturated rings. The maximum Gasteiger partial charge on any atom is 0.317 e. The van der Waals surface area contributed by atoms with E-state index in [4.69, 9.17) is 5.73 Å². The van der Waals surface area contributed by atoms with Gasteiger partial charge in [-0.05, 0) is 11.5 Å². The van der Waals surface area contributed by atoms with E-state index in [9.17, 15) is 29.8 Å². The van der Waals surface area contributed by atoms with Crippen LogP contribution in [0.2, 0.25) is 0 Å². The number of aromatic nitrogens is 1. The van der Waals surface area contributed by atoms with Gasteiger partial charge in [0.15, 0.2) is 6.20 Å². The van der Waals surface area contributed by atoms with Gasteiger partial charge in [-0.25, -0.2) is 0 Å². The van der Waals surface area contributed by atoms with E-state index in [0.29, 0.717) is 64.6 Å².